The first-order valence-electron chi connectivity index (χ1n) is 7.74. The van der Waals surface area contributed by atoms with Crippen LogP contribution in [-0.2, 0) is 11.3 Å². The summed E-state index contributed by atoms with van der Waals surface area (Å²) in [5, 5.41) is 0. The molecule has 114 valence electrons. The molecule has 2 aromatic rings. The van der Waals surface area contributed by atoms with Crippen molar-refractivity contribution < 1.29 is 4.79 Å². The highest BCUT2D eigenvalue weighted by molar-refractivity contribution is 7.11. The maximum absolute atomic E-state index is 12.5. The summed E-state index contributed by atoms with van der Waals surface area (Å²) < 4.78 is 0. The molecule has 2 fully saturated rings. The number of hydrogen-bond donors (Lipinski definition) is 0. The molecule has 0 N–H and O–H groups in total. The number of anilines is 1. The first-order chi connectivity index (χ1) is 10.7. The third-order valence-corrected chi connectivity index (χ3v) is 5.67. The van der Waals surface area contributed by atoms with E-state index in [4.69, 9.17) is 0 Å². The minimum Gasteiger partial charge on any atom is -0.306 e. The number of hydrogen-bond acceptors (Lipinski definition) is 4. The van der Waals surface area contributed by atoms with Crippen molar-refractivity contribution in [1.82, 2.24) is 9.88 Å². The summed E-state index contributed by atoms with van der Waals surface area (Å²) in [5.41, 5.74) is 0.939. The Kier molecular flexibility index (Phi) is 3.47. The maximum atomic E-state index is 12.5. The second-order valence-corrected chi connectivity index (χ2v) is 7.46. The average molecular weight is 313 g/mol. The number of likely N-dealkylation sites (tertiary alicyclic amines) is 1. The molecule has 0 aromatic carbocycles. The number of nitrogens with zero attached hydrogens (tertiary/aromatic N) is 3. The van der Waals surface area contributed by atoms with Gasteiger partial charge in [-0.15, -0.1) is 11.3 Å². The fourth-order valence-electron chi connectivity index (χ4n) is 3.73. The molecule has 2 aliphatic heterocycles. The van der Waals surface area contributed by atoms with Crippen LogP contribution in [0, 0.1) is 6.92 Å². The van der Waals surface area contributed by atoms with Crippen LogP contribution in [0.25, 0.3) is 0 Å². The number of carbonyl (C=O) groups excluding carboxylic acids is 1. The minimum absolute atomic E-state index is 0.232. The Balaban J connectivity index is 1.54. The Morgan fingerprint density at radius 2 is 2.23 bits per heavy atom. The molecule has 2 aliphatic rings. The molecule has 0 unspecified atom stereocenters. The van der Waals surface area contributed by atoms with Crippen LogP contribution in [0.5, 0.6) is 0 Å². The van der Waals surface area contributed by atoms with Gasteiger partial charge in [-0.2, -0.15) is 0 Å². The van der Waals surface area contributed by atoms with Gasteiger partial charge in [-0.25, -0.2) is 0 Å². The molecular weight excluding hydrogens is 294 g/mol. The van der Waals surface area contributed by atoms with Crippen molar-refractivity contribution in [3.05, 3.63) is 46.4 Å². The highest BCUT2D eigenvalue weighted by atomic mass is 32.1. The predicted octanol–water partition coefficient (Wildman–Crippen LogP) is 2.83. The lowest BCUT2D eigenvalue weighted by Gasteiger charge is -2.25. The molecule has 2 saturated heterocycles. The predicted molar refractivity (Wildman–Crippen MR) is 88.0 cm³/mol. The maximum Gasteiger partial charge on any atom is 0.229 e. The third-order valence-electron chi connectivity index (χ3n) is 4.69. The second-order valence-electron chi connectivity index (χ2n) is 6.09. The summed E-state index contributed by atoms with van der Waals surface area (Å²) in [6.07, 6.45) is 5.23. The molecule has 22 heavy (non-hydrogen) atoms. The molecule has 4 heterocycles. The van der Waals surface area contributed by atoms with E-state index in [0.717, 1.165) is 25.2 Å². The zero-order valence-corrected chi connectivity index (χ0v) is 13.4. The lowest BCUT2D eigenvalue weighted by Crippen LogP contribution is -2.37. The summed E-state index contributed by atoms with van der Waals surface area (Å²) in [7, 11) is 0. The first kappa shape index (κ1) is 13.9. The van der Waals surface area contributed by atoms with Crippen LogP contribution >= 0.6 is 11.3 Å². The largest absolute Gasteiger partial charge is 0.306 e. The summed E-state index contributed by atoms with van der Waals surface area (Å²) >= 11 is 1.86. The number of amides is 1. The topological polar surface area (TPSA) is 36.4 Å². The molecular formula is C17H19N3OS. The number of pyridine rings is 1. The highest BCUT2D eigenvalue weighted by Crippen LogP contribution is 2.36. The Bertz CT molecular complexity index is 684. The Morgan fingerprint density at radius 3 is 2.95 bits per heavy atom. The zero-order chi connectivity index (χ0) is 15.1. The van der Waals surface area contributed by atoms with Crippen molar-refractivity contribution >= 4 is 22.9 Å². The molecule has 2 atom stereocenters. The van der Waals surface area contributed by atoms with E-state index in [1.54, 1.807) is 12.4 Å². The van der Waals surface area contributed by atoms with Crippen molar-refractivity contribution in [2.75, 3.05) is 11.4 Å². The van der Waals surface area contributed by atoms with Crippen LogP contribution in [0.15, 0.2) is 36.7 Å². The lowest BCUT2D eigenvalue weighted by atomic mass is 10.1. The fourth-order valence-corrected chi connectivity index (χ4v) is 4.64. The molecule has 0 saturated carbocycles. The van der Waals surface area contributed by atoms with E-state index in [2.05, 4.69) is 28.9 Å². The number of rotatable bonds is 3. The van der Waals surface area contributed by atoms with Crippen LogP contribution in [0.4, 0.5) is 5.69 Å². The molecule has 4 rings (SSSR count). The van der Waals surface area contributed by atoms with Gasteiger partial charge in [0.05, 0.1) is 17.9 Å². The van der Waals surface area contributed by atoms with Crippen LogP contribution in [-0.4, -0.2) is 34.4 Å². The van der Waals surface area contributed by atoms with Crippen molar-refractivity contribution in [3.8, 4) is 0 Å². The average Bonchev–Trinajstić information content (AvgIpc) is 3.17. The van der Waals surface area contributed by atoms with Gasteiger partial charge in [0.25, 0.3) is 0 Å². The Hall–Kier alpha value is -1.72. The quantitative estimate of drug-likeness (QED) is 0.874. The molecule has 5 heteroatoms. The summed E-state index contributed by atoms with van der Waals surface area (Å²) in [6, 6.07) is 8.92. The van der Waals surface area contributed by atoms with Crippen LogP contribution in [0.3, 0.4) is 0 Å². The second kappa shape index (κ2) is 5.48. The molecule has 0 aliphatic carbocycles. The van der Waals surface area contributed by atoms with E-state index >= 15 is 0 Å². The van der Waals surface area contributed by atoms with Gasteiger partial charge in [-0.1, -0.05) is 0 Å². The van der Waals surface area contributed by atoms with Crippen molar-refractivity contribution in [2.24, 2.45) is 0 Å². The SMILES string of the molecule is Cc1ccc(CN2CC[C@H]3[C@H]2CC(=O)N3c2cccnc2)s1. The van der Waals surface area contributed by atoms with Crippen LogP contribution < -0.4 is 4.90 Å². The van der Waals surface area contributed by atoms with Gasteiger partial charge in [0.2, 0.25) is 5.91 Å². The molecule has 0 radical (unpaired) electrons. The molecule has 0 spiro atoms. The van der Waals surface area contributed by atoms with E-state index in [1.807, 2.05) is 28.4 Å². The summed E-state index contributed by atoms with van der Waals surface area (Å²) in [5.74, 6) is 0.232. The summed E-state index contributed by atoms with van der Waals surface area (Å²) in [4.78, 5) is 23.8. The van der Waals surface area contributed by atoms with Gasteiger partial charge in [-0.05, 0) is 37.6 Å². The van der Waals surface area contributed by atoms with Gasteiger partial charge >= 0.3 is 0 Å². The molecule has 2 aromatic heterocycles. The molecule has 0 bridgehead atoms. The van der Waals surface area contributed by atoms with E-state index in [-0.39, 0.29) is 5.91 Å². The number of carbonyl (C=O) groups is 1. The van der Waals surface area contributed by atoms with Gasteiger partial charge in [0.15, 0.2) is 0 Å². The molecule has 1 amide bonds. The first-order valence-corrected chi connectivity index (χ1v) is 8.55. The zero-order valence-electron chi connectivity index (χ0n) is 12.6. The lowest BCUT2D eigenvalue weighted by molar-refractivity contribution is -0.117. The van der Waals surface area contributed by atoms with E-state index < -0.39 is 0 Å². The van der Waals surface area contributed by atoms with Crippen molar-refractivity contribution in [2.45, 2.75) is 38.4 Å². The van der Waals surface area contributed by atoms with Gasteiger partial charge in [0, 0.05) is 41.5 Å². The minimum atomic E-state index is 0.232. The third kappa shape index (κ3) is 2.34. The van der Waals surface area contributed by atoms with Crippen molar-refractivity contribution in [3.63, 3.8) is 0 Å². The van der Waals surface area contributed by atoms with Crippen molar-refractivity contribution in [1.29, 1.82) is 0 Å². The van der Waals surface area contributed by atoms with Gasteiger partial charge in [0.1, 0.15) is 0 Å². The van der Waals surface area contributed by atoms with Crippen LogP contribution in [0.2, 0.25) is 0 Å². The Morgan fingerprint density at radius 1 is 1.32 bits per heavy atom. The number of aromatic nitrogens is 1. The molecule has 4 nitrogen and oxygen atoms in total. The fraction of sp³-hybridized carbons (Fsp3) is 0.412. The normalized spacial score (nSPS) is 25.0. The number of fused-ring (bicyclic) bond motifs is 1. The smallest absolute Gasteiger partial charge is 0.229 e. The van der Waals surface area contributed by atoms with Gasteiger partial charge < -0.3 is 4.90 Å². The van der Waals surface area contributed by atoms with E-state index in [1.165, 1.54) is 9.75 Å². The van der Waals surface area contributed by atoms with Crippen LogP contribution in [0.1, 0.15) is 22.6 Å². The standard InChI is InChI=1S/C17H19N3OS/c1-12-4-5-14(22-12)11-19-8-6-15-16(19)9-17(21)20(15)13-3-2-7-18-10-13/h2-5,7,10,15-16H,6,8-9,11H2,1H3/t15-,16+/m0/s1. The number of aryl methyl sites for hydroxylation is 1. The highest BCUT2D eigenvalue weighted by Gasteiger charge is 2.47. The van der Waals surface area contributed by atoms with E-state index in [0.29, 0.717) is 18.5 Å². The number of thiophene rings is 1. The summed E-state index contributed by atoms with van der Waals surface area (Å²) in [6.45, 7) is 4.17. The monoisotopic (exact) mass is 313 g/mol. The Labute approximate surface area is 134 Å². The van der Waals surface area contributed by atoms with Gasteiger partial charge in [-0.3, -0.25) is 14.7 Å². The van der Waals surface area contributed by atoms with E-state index in [9.17, 15) is 4.79 Å².